The zero-order valence-corrected chi connectivity index (χ0v) is 22.7. The Morgan fingerprint density at radius 3 is 2.62 bits per heavy atom. The van der Waals surface area contributed by atoms with Gasteiger partial charge in [0.2, 0.25) is 0 Å². The minimum atomic E-state index is -0.0495. The van der Waals surface area contributed by atoms with Gasteiger partial charge in [0.1, 0.15) is 0 Å². The van der Waals surface area contributed by atoms with E-state index in [1.165, 1.54) is 88.3 Å². The molecule has 2 saturated carbocycles. The van der Waals surface area contributed by atoms with Gasteiger partial charge in [-0.1, -0.05) is 61.5 Å². The van der Waals surface area contributed by atoms with Crippen LogP contribution in [-0.2, 0) is 4.74 Å². The number of ether oxygens (including phenoxy) is 1. The zero-order chi connectivity index (χ0) is 24.8. The van der Waals surface area contributed by atoms with Gasteiger partial charge in [0.05, 0.1) is 11.2 Å². The molecule has 2 spiro atoms. The molecule has 2 unspecified atom stereocenters. The van der Waals surface area contributed by atoms with Crippen LogP contribution >= 0.6 is 0 Å². The third-order valence-corrected chi connectivity index (χ3v) is 11.9. The normalized spacial score (nSPS) is 41.6. The van der Waals surface area contributed by atoms with Gasteiger partial charge in [-0.05, 0) is 103 Å². The first-order chi connectivity index (χ1) is 18.0. The molecule has 3 aliphatic carbocycles. The van der Waals surface area contributed by atoms with Crippen LogP contribution in [-0.4, -0.2) is 60.3 Å². The smallest absolute Gasteiger partial charge is 0.0974 e. The Hall–Kier alpha value is -1.94. The Kier molecular flexibility index (Phi) is 4.99. The summed E-state index contributed by atoms with van der Waals surface area (Å²) < 4.78 is 7.58. The number of rotatable bonds is 2. The summed E-state index contributed by atoms with van der Waals surface area (Å²) in [7, 11) is 2.27. The molecule has 6 aliphatic rings. The van der Waals surface area contributed by atoms with Gasteiger partial charge in [-0.3, -0.25) is 4.90 Å². The van der Waals surface area contributed by atoms with Crippen molar-refractivity contribution < 1.29 is 4.74 Å². The first-order valence-corrected chi connectivity index (χ1v) is 15.0. The highest BCUT2D eigenvalue weighted by Crippen LogP contribution is 2.69. The van der Waals surface area contributed by atoms with Crippen molar-refractivity contribution in [3.05, 3.63) is 71.3 Å². The summed E-state index contributed by atoms with van der Waals surface area (Å²) in [6.07, 6.45) is 15.3. The van der Waals surface area contributed by atoms with Gasteiger partial charge in [-0.2, -0.15) is 0 Å². The monoisotopic (exact) mass is 494 g/mol. The lowest BCUT2D eigenvalue weighted by Crippen LogP contribution is -2.57. The van der Waals surface area contributed by atoms with E-state index in [-0.39, 0.29) is 16.6 Å². The summed E-state index contributed by atoms with van der Waals surface area (Å²) in [6, 6.07) is 16.8. The molecule has 2 aromatic carbocycles. The second-order valence-electron chi connectivity index (χ2n) is 13.5. The maximum Gasteiger partial charge on any atom is 0.0974 e. The number of likely N-dealkylation sites (N-methyl/N-ethyl adjacent to an activating group) is 1. The molecular formula is C34H42N2O. The minimum absolute atomic E-state index is 0.00287. The van der Waals surface area contributed by atoms with Crippen LogP contribution in [0.2, 0.25) is 0 Å². The van der Waals surface area contributed by atoms with E-state index in [9.17, 15) is 0 Å². The Balaban J connectivity index is 1.12. The molecule has 8 rings (SSSR count). The van der Waals surface area contributed by atoms with Crippen molar-refractivity contribution in [1.82, 2.24) is 9.80 Å². The van der Waals surface area contributed by atoms with Crippen molar-refractivity contribution in [1.29, 1.82) is 0 Å². The number of hydrogen-bond donors (Lipinski definition) is 0. The van der Waals surface area contributed by atoms with Gasteiger partial charge < -0.3 is 9.64 Å². The average molecular weight is 495 g/mol. The maximum atomic E-state index is 7.58. The molecule has 3 nitrogen and oxygen atoms in total. The second kappa shape index (κ2) is 8.04. The molecule has 6 atom stereocenters. The van der Waals surface area contributed by atoms with Crippen LogP contribution in [0.25, 0.3) is 10.8 Å². The van der Waals surface area contributed by atoms with Gasteiger partial charge in [0.25, 0.3) is 0 Å². The van der Waals surface area contributed by atoms with Crippen molar-refractivity contribution in [2.24, 2.45) is 11.3 Å². The predicted molar refractivity (Wildman–Crippen MR) is 151 cm³/mol. The van der Waals surface area contributed by atoms with E-state index in [0.717, 1.165) is 0 Å². The van der Waals surface area contributed by atoms with Crippen molar-refractivity contribution in [3.8, 4) is 0 Å². The van der Waals surface area contributed by atoms with E-state index in [1.54, 1.807) is 16.7 Å². The van der Waals surface area contributed by atoms with Gasteiger partial charge in [-0.25, -0.2) is 0 Å². The zero-order valence-electron chi connectivity index (χ0n) is 22.7. The SMILES string of the molecule is CN1CCN([C@H]2CCC3=CC4=CC[C@]5(C)C(c6ccc7ccccc7c6)CC[C@H]5C45CC[C@]3(C2)O5)CC1. The molecule has 4 fully saturated rings. The highest BCUT2D eigenvalue weighted by molar-refractivity contribution is 5.83. The van der Waals surface area contributed by atoms with E-state index in [0.29, 0.717) is 17.9 Å². The summed E-state index contributed by atoms with van der Waals surface area (Å²) >= 11 is 0. The van der Waals surface area contributed by atoms with E-state index in [1.807, 2.05) is 0 Å². The van der Waals surface area contributed by atoms with E-state index in [2.05, 4.69) is 78.4 Å². The molecule has 2 saturated heterocycles. The summed E-state index contributed by atoms with van der Waals surface area (Å²) in [5.41, 5.74) is 4.95. The molecule has 0 N–H and O–H groups in total. The summed E-state index contributed by atoms with van der Waals surface area (Å²) in [5, 5.41) is 2.74. The largest absolute Gasteiger partial charge is 0.359 e. The number of nitrogens with zero attached hydrogens (tertiary/aromatic N) is 2. The molecule has 3 heteroatoms. The summed E-state index contributed by atoms with van der Waals surface area (Å²) in [4.78, 5) is 5.28. The van der Waals surface area contributed by atoms with Gasteiger partial charge >= 0.3 is 0 Å². The van der Waals surface area contributed by atoms with Crippen LogP contribution in [0.15, 0.2) is 65.8 Å². The number of hydrogen-bond acceptors (Lipinski definition) is 3. The Bertz CT molecular complexity index is 1300. The van der Waals surface area contributed by atoms with Gasteiger partial charge in [-0.15, -0.1) is 0 Å². The predicted octanol–water partition coefficient (Wildman–Crippen LogP) is 6.70. The lowest BCUT2D eigenvalue weighted by atomic mass is 9.58. The molecule has 0 aromatic heterocycles. The van der Waals surface area contributed by atoms with E-state index < -0.39 is 0 Å². The lowest BCUT2D eigenvalue weighted by Gasteiger charge is -2.55. The first kappa shape index (κ1) is 23.0. The molecular weight excluding hydrogens is 452 g/mol. The molecule has 0 radical (unpaired) electrons. The van der Waals surface area contributed by atoms with E-state index >= 15 is 0 Å². The number of allylic oxidation sites excluding steroid dienone is 1. The third-order valence-electron chi connectivity index (χ3n) is 11.9. The Morgan fingerprint density at radius 1 is 0.919 bits per heavy atom. The minimum Gasteiger partial charge on any atom is -0.359 e. The Labute approximate surface area is 222 Å². The quantitative estimate of drug-likeness (QED) is 0.462. The standard InChI is InChI=1S/C34H42N2O/c1-32-14-13-28-22-27-9-10-29(36-19-17-35(2)18-20-36)23-33(27)15-16-34(28,37-33)31(32)12-11-30(32)26-8-7-24-5-3-4-6-25(24)21-26/h3-8,13,21-22,29-31H,9-12,14-20,23H2,1-2H3/t29-,30?,31+,32+,33+,34?/m0/s1. The molecule has 2 bridgehead atoms. The summed E-state index contributed by atoms with van der Waals surface area (Å²) in [5.74, 6) is 1.24. The van der Waals surface area contributed by atoms with Gasteiger partial charge in [0, 0.05) is 32.2 Å². The van der Waals surface area contributed by atoms with Gasteiger partial charge in [0.15, 0.2) is 0 Å². The number of benzene rings is 2. The molecule has 3 heterocycles. The fraction of sp³-hybridized carbons (Fsp3) is 0.588. The maximum absolute atomic E-state index is 7.58. The molecule has 37 heavy (non-hydrogen) atoms. The second-order valence-corrected chi connectivity index (χ2v) is 13.5. The highest BCUT2D eigenvalue weighted by atomic mass is 16.5. The van der Waals surface area contributed by atoms with Crippen LogP contribution in [0.4, 0.5) is 0 Å². The van der Waals surface area contributed by atoms with Crippen molar-refractivity contribution in [2.75, 3.05) is 33.2 Å². The number of fused-ring (bicyclic) bond motifs is 2. The fourth-order valence-electron chi connectivity index (χ4n) is 9.85. The topological polar surface area (TPSA) is 15.7 Å². The molecule has 3 aliphatic heterocycles. The van der Waals surface area contributed by atoms with Crippen LogP contribution in [0.1, 0.15) is 69.8 Å². The van der Waals surface area contributed by atoms with Crippen LogP contribution in [0.5, 0.6) is 0 Å². The third kappa shape index (κ3) is 3.23. The van der Waals surface area contributed by atoms with Crippen molar-refractivity contribution in [2.45, 2.75) is 81.5 Å². The summed E-state index contributed by atoms with van der Waals surface area (Å²) in [6.45, 7) is 7.47. The molecule has 0 amide bonds. The number of piperazine rings is 1. The van der Waals surface area contributed by atoms with Crippen molar-refractivity contribution in [3.63, 3.8) is 0 Å². The molecule has 194 valence electrons. The van der Waals surface area contributed by atoms with Crippen LogP contribution in [0, 0.1) is 11.3 Å². The average Bonchev–Trinajstić information content (AvgIpc) is 3.43. The first-order valence-electron chi connectivity index (χ1n) is 15.0. The van der Waals surface area contributed by atoms with Crippen LogP contribution in [0.3, 0.4) is 0 Å². The molecule has 2 aromatic rings. The van der Waals surface area contributed by atoms with E-state index in [4.69, 9.17) is 4.74 Å². The highest BCUT2D eigenvalue weighted by Gasteiger charge is 2.66. The van der Waals surface area contributed by atoms with Crippen LogP contribution < -0.4 is 0 Å². The van der Waals surface area contributed by atoms with Crippen molar-refractivity contribution >= 4 is 10.8 Å². The Morgan fingerprint density at radius 2 is 1.76 bits per heavy atom. The fourth-order valence-corrected chi connectivity index (χ4v) is 9.85. The lowest BCUT2D eigenvalue weighted by molar-refractivity contribution is -0.141.